The average Bonchev–Trinajstić information content (AvgIpc) is 2.64. The summed E-state index contributed by atoms with van der Waals surface area (Å²) >= 11 is 1.69. The van der Waals surface area contributed by atoms with Crippen LogP contribution in [-0.4, -0.2) is 27.3 Å². The van der Waals surface area contributed by atoms with Crippen molar-refractivity contribution in [2.24, 2.45) is 0 Å². The molecule has 0 spiro atoms. The second kappa shape index (κ2) is 9.05. The van der Waals surface area contributed by atoms with E-state index in [1.54, 1.807) is 11.8 Å². The molecule has 0 bridgehead atoms. The van der Waals surface area contributed by atoms with E-state index in [-0.39, 0.29) is 5.95 Å². The van der Waals surface area contributed by atoms with E-state index in [4.69, 9.17) is 10.5 Å². The number of nitrogen functional groups attached to an aromatic ring is 1. The number of aryl methyl sites for hydroxylation is 1. The van der Waals surface area contributed by atoms with Gasteiger partial charge in [-0.2, -0.15) is 26.7 Å². The van der Waals surface area contributed by atoms with Crippen LogP contribution in [0.25, 0.3) is 0 Å². The van der Waals surface area contributed by atoms with Crippen molar-refractivity contribution in [1.82, 2.24) is 15.0 Å². The van der Waals surface area contributed by atoms with E-state index in [2.05, 4.69) is 20.3 Å². The molecule has 0 saturated carbocycles. The molecule has 2 aromatic carbocycles. The number of para-hydroxylation sites is 2. The molecular weight excluding hydrogens is 346 g/mol. The Kier molecular flexibility index (Phi) is 6.27. The minimum absolute atomic E-state index is 0.215. The predicted octanol–water partition coefficient (Wildman–Crippen LogP) is 3.82. The van der Waals surface area contributed by atoms with Crippen LogP contribution < -0.4 is 15.8 Å². The van der Waals surface area contributed by atoms with E-state index in [0.717, 1.165) is 22.8 Å². The number of nitrogens with zero attached hydrogens (tertiary/aromatic N) is 3. The number of ether oxygens (including phenoxy) is 1. The van der Waals surface area contributed by atoms with Gasteiger partial charge in [-0.05, 0) is 30.7 Å². The fourth-order valence-corrected chi connectivity index (χ4v) is 2.95. The Morgan fingerprint density at radius 2 is 1.77 bits per heavy atom. The van der Waals surface area contributed by atoms with Crippen molar-refractivity contribution in [2.75, 3.05) is 23.4 Å². The van der Waals surface area contributed by atoms with Gasteiger partial charge in [0.25, 0.3) is 0 Å². The Hall–Kier alpha value is -2.80. The van der Waals surface area contributed by atoms with Gasteiger partial charge in [-0.3, -0.25) is 0 Å². The van der Waals surface area contributed by atoms with Crippen molar-refractivity contribution in [3.05, 3.63) is 66.0 Å². The zero-order valence-corrected chi connectivity index (χ0v) is 15.4. The van der Waals surface area contributed by atoms with Gasteiger partial charge in [0, 0.05) is 11.4 Å². The summed E-state index contributed by atoms with van der Waals surface area (Å²) in [5, 5.41) is 3.20. The fraction of sp³-hybridized carbons (Fsp3) is 0.211. The van der Waals surface area contributed by atoms with Crippen molar-refractivity contribution in [2.45, 2.75) is 12.7 Å². The number of rotatable bonds is 8. The zero-order chi connectivity index (χ0) is 18.2. The molecule has 0 saturated heterocycles. The summed E-state index contributed by atoms with van der Waals surface area (Å²) in [6, 6.07) is 17.7. The number of benzene rings is 2. The minimum atomic E-state index is 0.215. The Balaban J connectivity index is 1.52. The summed E-state index contributed by atoms with van der Waals surface area (Å²) in [5.41, 5.74) is 7.88. The van der Waals surface area contributed by atoms with Crippen LogP contribution in [-0.2, 0) is 5.75 Å². The molecule has 0 amide bonds. The van der Waals surface area contributed by atoms with Gasteiger partial charge in [-0.15, -0.1) is 0 Å². The van der Waals surface area contributed by atoms with Crippen molar-refractivity contribution in [3.63, 3.8) is 0 Å². The lowest BCUT2D eigenvalue weighted by Crippen LogP contribution is -2.07. The summed E-state index contributed by atoms with van der Waals surface area (Å²) in [4.78, 5) is 12.8. The number of hydrogen-bond acceptors (Lipinski definition) is 7. The molecule has 3 rings (SSSR count). The quantitative estimate of drug-likeness (QED) is 0.585. The van der Waals surface area contributed by atoms with E-state index in [0.29, 0.717) is 24.1 Å². The first-order chi connectivity index (χ1) is 12.7. The molecule has 3 aromatic rings. The molecule has 0 aliphatic rings. The summed E-state index contributed by atoms with van der Waals surface area (Å²) in [5.74, 6) is 3.68. The third-order valence-electron chi connectivity index (χ3n) is 3.56. The van der Waals surface area contributed by atoms with E-state index in [9.17, 15) is 0 Å². The molecule has 7 heteroatoms. The van der Waals surface area contributed by atoms with Crippen LogP contribution in [0.5, 0.6) is 5.75 Å². The Bertz CT molecular complexity index is 844. The molecule has 0 atom stereocenters. The van der Waals surface area contributed by atoms with Gasteiger partial charge in [-0.1, -0.05) is 36.4 Å². The van der Waals surface area contributed by atoms with Crippen LogP contribution in [0.3, 0.4) is 0 Å². The van der Waals surface area contributed by atoms with E-state index in [1.165, 1.54) is 0 Å². The first-order valence-corrected chi connectivity index (χ1v) is 9.45. The lowest BCUT2D eigenvalue weighted by atomic mass is 10.2. The van der Waals surface area contributed by atoms with Crippen molar-refractivity contribution in [1.29, 1.82) is 0 Å². The molecular formula is C19H21N5OS. The average molecular weight is 367 g/mol. The highest BCUT2D eigenvalue weighted by Gasteiger charge is 2.06. The second-order valence-corrected chi connectivity index (χ2v) is 6.69. The maximum atomic E-state index is 5.82. The van der Waals surface area contributed by atoms with E-state index >= 15 is 0 Å². The maximum absolute atomic E-state index is 5.82. The SMILES string of the molecule is Cc1ccccc1Nc1nc(N)nc(CSCCOc2ccccc2)n1. The van der Waals surface area contributed by atoms with Crippen molar-refractivity contribution in [3.8, 4) is 5.75 Å². The molecule has 1 aromatic heterocycles. The fourth-order valence-electron chi connectivity index (χ4n) is 2.29. The summed E-state index contributed by atoms with van der Waals surface area (Å²) in [7, 11) is 0. The van der Waals surface area contributed by atoms with Crippen LogP contribution >= 0.6 is 11.8 Å². The van der Waals surface area contributed by atoms with Gasteiger partial charge < -0.3 is 15.8 Å². The summed E-state index contributed by atoms with van der Waals surface area (Å²) < 4.78 is 5.67. The molecule has 3 N–H and O–H groups in total. The summed E-state index contributed by atoms with van der Waals surface area (Å²) in [6.07, 6.45) is 0. The Labute approximate surface area is 157 Å². The summed E-state index contributed by atoms with van der Waals surface area (Å²) in [6.45, 7) is 2.65. The second-order valence-electron chi connectivity index (χ2n) is 5.59. The first kappa shape index (κ1) is 18.0. The van der Waals surface area contributed by atoms with Crippen LogP contribution in [0.15, 0.2) is 54.6 Å². The number of anilines is 3. The highest BCUT2D eigenvalue weighted by atomic mass is 32.2. The molecule has 0 unspecified atom stereocenters. The van der Waals surface area contributed by atoms with Gasteiger partial charge in [-0.25, -0.2) is 0 Å². The van der Waals surface area contributed by atoms with Crippen molar-refractivity contribution < 1.29 is 4.74 Å². The standard InChI is InChI=1S/C19H21N5OS/c1-14-7-5-6-10-16(14)21-19-23-17(22-18(20)24-19)13-26-12-11-25-15-8-3-2-4-9-15/h2-10H,11-13H2,1H3,(H3,20,21,22,23,24). The molecule has 6 nitrogen and oxygen atoms in total. The lowest BCUT2D eigenvalue weighted by Gasteiger charge is -2.09. The maximum Gasteiger partial charge on any atom is 0.232 e. The molecule has 26 heavy (non-hydrogen) atoms. The normalized spacial score (nSPS) is 10.5. The van der Waals surface area contributed by atoms with Gasteiger partial charge in [0.05, 0.1) is 12.4 Å². The first-order valence-electron chi connectivity index (χ1n) is 8.29. The van der Waals surface area contributed by atoms with Crippen LogP contribution in [0.1, 0.15) is 11.4 Å². The largest absolute Gasteiger partial charge is 0.493 e. The van der Waals surface area contributed by atoms with E-state index in [1.807, 2.05) is 61.5 Å². The highest BCUT2D eigenvalue weighted by molar-refractivity contribution is 7.98. The van der Waals surface area contributed by atoms with Crippen molar-refractivity contribution >= 4 is 29.3 Å². The number of nitrogens with two attached hydrogens (primary N) is 1. The van der Waals surface area contributed by atoms with Crippen LogP contribution in [0.2, 0.25) is 0 Å². The Morgan fingerprint density at radius 1 is 1.00 bits per heavy atom. The van der Waals surface area contributed by atoms with E-state index < -0.39 is 0 Å². The zero-order valence-electron chi connectivity index (χ0n) is 14.6. The third-order valence-corrected chi connectivity index (χ3v) is 4.48. The highest BCUT2D eigenvalue weighted by Crippen LogP contribution is 2.19. The molecule has 134 valence electrons. The number of thioether (sulfide) groups is 1. The number of aromatic nitrogens is 3. The van der Waals surface area contributed by atoms with Gasteiger partial charge in [0.15, 0.2) is 0 Å². The molecule has 0 radical (unpaired) electrons. The predicted molar refractivity (Wildman–Crippen MR) is 107 cm³/mol. The molecule has 0 fully saturated rings. The topological polar surface area (TPSA) is 86.0 Å². The number of hydrogen-bond donors (Lipinski definition) is 2. The van der Waals surface area contributed by atoms with Gasteiger partial charge in [0.1, 0.15) is 11.6 Å². The molecule has 0 aliphatic heterocycles. The van der Waals surface area contributed by atoms with Gasteiger partial charge >= 0.3 is 0 Å². The molecule has 0 aliphatic carbocycles. The van der Waals surface area contributed by atoms with Crippen LogP contribution in [0.4, 0.5) is 17.6 Å². The Morgan fingerprint density at radius 3 is 2.58 bits per heavy atom. The smallest absolute Gasteiger partial charge is 0.232 e. The van der Waals surface area contributed by atoms with Crippen LogP contribution in [0, 0.1) is 6.92 Å². The third kappa shape index (κ3) is 5.35. The monoisotopic (exact) mass is 367 g/mol. The number of nitrogens with one attached hydrogen (secondary N) is 1. The van der Waals surface area contributed by atoms with Gasteiger partial charge in [0.2, 0.25) is 11.9 Å². The molecule has 1 heterocycles. The lowest BCUT2D eigenvalue weighted by molar-refractivity contribution is 0.344. The minimum Gasteiger partial charge on any atom is -0.493 e.